The normalized spacial score (nSPS) is 11.0. The van der Waals surface area contributed by atoms with Crippen molar-refractivity contribution in [1.82, 2.24) is 19.9 Å². The molecule has 1 aromatic carbocycles. The van der Waals surface area contributed by atoms with E-state index in [-0.39, 0.29) is 11.5 Å². The second-order valence-electron chi connectivity index (χ2n) is 5.34. The zero-order chi connectivity index (χ0) is 17.8. The molecule has 0 aliphatic rings. The summed E-state index contributed by atoms with van der Waals surface area (Å²) in [4.78, 5) is 4.18. The molecule has 1 N–H and O–H groups in total. The summed E-state index contributed by atoms with van der Waals surface area (Å²) in [5.74, 6) is 1.38. The molecule has 0 aliphatic carbocycles. The standard InChI is InChI=1S/C16H15BrFN5OS/c1-10-20-4-5-23(10)6-7-25-16-15(21-24-22-16)14(19)9-11-2-3-13(18)12(17)8-11/h2-5,8,19H,6-7,9H2,1H3. The van der Waals surface area contributed by atoms with Crippen LogP contribution in [0.15, 0.2) is 44.7 Å². The maximum atomic E-state index is 13.3. The van der Waals surface area contributed by atoms with E-state index in [1.807, 2.05) is 17.7 Å². The van der Waals surface area contributed by atoms with Crippen molar-refractivity contribution < 1.29 is 9.02 Å². The van der Waals surface area contributed by atoms with E-state index in [0.717, 1.165) is 23.7 Å². The molecule has 0 aliphatic heterocycles. The Balaban J connectivity index is 1.63. The molecule has 2 heterocycles. The third-order valence-electron chi connectivity index (χ3n) is 3.60. The number of rotatable bonds is 7. The highest BCUT2D eigenvalue weighted by Crippen LogP contribution is 2.22. The quantitative estimate of drug-likeness (QED) is 0.460. The predicted molar refractivity (Wildman–Crippen MR) is 96.6 cm³/mol. The number of benzene rings is 1. The molecule has 3 aromatic rings. The van der Waals surface area contributed by atoms with Crippen molar-refractivity contribution in [2.45, 2.75) is 24.9 Å². The maximum absolute atomic E-state index is 13.3. The third-order valence-corrected chi connectivity index (χ3v) is 5.14. The summed E-state index contributed by atoms with van der Waals surface area (Å²) in [6.45, 7) is 2.73. The first-order valence-electron chi connectivity index (χ1n) is 7.49. The Kier molecular flexibility index (Phi) is 5.64. The summed E-state index contributed by atoms with van der Waals surface area (Å²) in [5.41, 5.74) is 1.51. The zero-order valence-electron chi connectivity index (χ0n) is 13.4. The number of nitrogens with one attached hydrogen (secondary N) is 1. The number of hydrogen-bond acceptors (Lipinski definition) is 6. The van der Waals surface area contributed by atoms with Crippen LogP contribution in [-0.2, 0) is 13.0 Å². The maximum Gasteiger partial charge on any atom is 0.170 e. The van der Waals surface area contributed by atoms with E-state index in [9.17, 15) is 4.39 Å². The number of imidazole rings is 1. The van der Waals surface area contributed by atoms with Gasteiger partial charge in [-0.2, -0.15) is 0 Å². The molecule has 0 unspecified atom stereocenters. The Hall–Kier alpha value is -2.00. The predicted octanol–water partition coefficient (Wildman–Crippen LogP) is 3.88. The molecule has 9 heteroatoms. The topological polar surface area (TPSA) is 80.6 Å². The van der Waals surface area contributed by atoms with Crippen LogP contribution in [0.4, 0.5) is 4.39 Å². The van der Waals surface area contributed by atoms with E-state index >= 15 is 0 Å². The Bertz CT molecular complexity index is 894. The Morgan fingerprint density at radius 1 is 1.40 bits per heavy atom. The monoisotopic (exact) mass is 423 g/mol. The Morgan fingerprint density at radius 2 is 2.24 bits per heavy atom. The Labute approximate surface area is 156 Å². The van der Waals surface area contributed by atoms with Crippen LogP contribution in [0.5, 0.6) is 0 Å². The summed E-state index contributed by atoms with van der Waals surface area (Å²) in [6, 6.07) is 4.68. The Morgan fingerprint density at radius 3 is 2.96 bits per heavy atom. The first kappa shape index (κ1) is 17.8. The van der Waals surface area contributed by atoms with Gasteiger partial charge in [-0.3, -0.25) is 0 Å². The van der Waals surface area contributed by atoms with Gasteiger partial charge < -0.3 is 9.98 Å². The summed E-state index contributed by atoms with van der Waals surface area (Å²) >= 11 is 4.63. The van der Waals surface area contributed by atoms with Crippen molar-refractivity contribution >= 4 is 33.4 Å². The van der Waals surface area contributed by atoms with Gasteiger partial charge in [-0.05, 0) is 50.9 Å². The molecular weight excluding hydrogens is 409 g/mol. The van der Waals surface area contributed by atoms with Gasteiger partial charge >= 0.3 is 0 Å². The fourth-order valence-electron chi connectivity index (χ4n) is 2.28. The van der Waals surface area contributed by atoms with E-state index in [0.29, 0.717) is 21.6 Å². The van der Waals surface area contributed by atoms with Crippen LogP contribution >= 0.6 is 27.7 Å². The van der Waals surface area contributed by atoms with Crippen molar-refractivity contribution in [3.63, 3.8) is 0 Å². The molecule has 0 fully saturated rings. The smallest absolute Gasteiger partial charge is 0.170 e. The number of halogens is 2. The van der Waals surface area contributed by atoms with E-state index in [4.69, 9.17) is 10.0 Å². The van der Waals surface area contributed by atoms with E-state index < -0.39 is 0 Å². The second-order valence-corrected chi connectivity index (χ2v) is 7.28. The number of nitrogens with zero attached hydrogens (tertiary/aromatic N) is 4. The lowest BCUT2D eigenvalue weighted by Gasteiger charge is -2.05. The molecule has 0 bridgehead atoms. The highest BCUT2D eigenvalue weighted by molar-refractivity contribution is 9.10. The fraction of sp³-hybridized carbons (Fsp3) is 0.250. The van der Waals surface area contributed by atoms with Gasteiger partial charge in [-0.15, -0.1) is 0 Å². The zero-order valence-corrected chi connectivity index (χ0v) is 15.8. The third kappa shape index (κ3) is 4.35. The highest BCUT2D eigenvalue weighted by atomic mass is 79.9. The molecule has 0 saturated heterocycles. The number of aromatic nitrogens is 4. The summed E-state index contributed by atoms with van der Waals surface area (Å²) < 4.78 is 20.5. The molecule has 130 valence electrons. The average Bonchev–Trinajstić information content (AvgIpc) is 3.20. The highest BCUT2D eigenvalue weighted by Gasteiger charge is 2.16. The van der Waals surface area contributed by atoms with Gasteiger partial charge in [0.05, 0.1) is 10.2 Å². The van der Waals surface area contributed by atoms with Crippen LogP contribution in [0.2, 0.25) is 0 Å². The minimum Gasteiger partial charge on any atom is -0.334 e. The molecule has 0 spiro atoms. The van der Waals surface area contributed by atoms with Crippen molar-refractivity contribution in [3.05, 3.63) is 58.0 Å². The molecule has 0 radical (unpaired) electrons. The van der Waals surface area contributed by atoms with Crippen LogP contribution in [0.1, 0.15) is 17.1 Å². The minimum absolute atomic E-state index is 0.279. The minimum atomic E-state index is -0.329. The molecular formula is C16H15BrFN5OS. The van der Waals surface area contributed by atoms with Crippen LogP contribution in [-0.4, -0.2) is 31.3 Å². The summed E-state index contributed by atoms with van der Waals surface area (Å²) in [7, 11) is 0. The summed E-state index contributed by atoms with van der Waals surface area (Å²) in [6.07, 6.45) is 4.01. The van der Waals surface area contributed by atoms with Crippen molar-refractivity contribution in [1.29, 1.82) is 5.41 Å². The van der Waals surface area contributed by atoms with Gasteiger partial charge in [-0.1, -0.05) is 17.8 Å². The van der Waals surface area contributed by atoms with E-state index in [1.54, 1.807) is 18.3 Å². The number of hydrogen-bond donors (Lipinski definition) is 1. The van der Waals surface area contributed by atoms with E-state index in [2.05, 4.69) is 31.2 Å². The van der Waals surface area contributed by atoms with Crippen molar-refractivity contribution in [2.24, 2.45) is 0 Å². The fourth-order valence-corrected chi connectivity index (χ4v) is 3.57. The van der Waals surface area contributed by atoms with Crippen LogP contribution < -0.4 is 0 Å². The molecule has 0 amide bonds. The lowest BCUT2D eigenvalue weighted by atomic mass is 10.1. The van der Waals surface area contributed by atoms with E-state index in [1.165, 1.54) is 17.8 Å². The van der Waals surface area contributed by atoms with Gasteiger partial charge in [0.1, 0.15) is 11.6 Å². The molecule has 6 nitrogen and oxygen atoms in total. The first-order valence-corrected chi connectivity index (χ1v) is 9.27. The van der Waals surface area contributed by atoms with Gasteiger partial charge in [-0.25, -0.2) is 14.0 Å². The molecule has 3 rings (SSSR count). The van der Waals surface area contributed by atoms with Gasteiger partial charge in [0, 0.05) is 31.1 Å². The number of aryl methyl sites for hydroxylation is 2. The lowest BCUT2D eigenvalue weighted by molar-refractivity contribution is 0.298. The average molecular weight is 424 g/mol. The van der Waals surface area contributed by atoms with Gasteiger partial charge in [0.25, 0.3) is 0 Å². The first-order chi connectivity index (χ1) is 12.0. The lowest BCUT2D eigenvalue weighted by Crippen LogP contribution is -2.07. The van der Waals surface area contributed by atoms with Crippen LogP contribution in [0.3, 0.4) is 0 Å². The molecule has 0 atom stereocenters. The molecule has 25 heavy (non-hydrogen) atoms. The van der Waals surface area contributed by atoms with Crippen molar-refractivity contribution in [3.8, 4) is 0 Å². The molecule has 0 saturated carbocycles. The largest absolute Gasteiger partial charge is 0.334 e. The van der Waals surface area contributed by atoms with Crippen LogP contribution in [0, 0.1) is 18.2 Å². The summed E-state index contributed by atoms with van der Waals surface area (Å²) in [5, 5.41) is 16.6. The SMILES string of the molecule is Cc1nccn1CCSc1nonc1C(=N)Cc1ccc(F)c(Br)c1. The van der Waals surface area contributed by atoms with Gasteiger partial charge in [0.2, 0.25) is 0 Å². The second kappa shape index (κ2) is 7.92. The van der Waals surface area contributed by atoms with Crippen LogP contribution in [0.25, 0.3) is 0 Å². The number of thioether (sulfide) groups is 1. The molecule has 2 aromatic heterocycles. The van der Waals surface area contributed by atoms with Gasteiger partial charge in [0.15, 0.2) is 10.7 Å². The van der Waals surface area contributed by atoms with Crippen molar-refractivity contribution in [2.75, 3.05) is 5.75 Å².